The van der Waals surface area contributed by atoms with Gasteiger partial charge in [0.15, 0.2) is 0 Å². The van der Waals surface area contributed by atoms with Gasteiger partial charge in [-0.25, -0.2) is 13.6 Å². The number of sulfonamides is 1. The van der Waals surface area contributed by atoms with Crippen molar-refractivity contribution in [2.45, 2.75) is 18.4 Å². The van der Waals surface area contributed by atoms with E-state index in [9.17, 15) is 8.42 Å². The van der Waals surface area contributed by atoms with Gasteiger partial charge in [0.05, 0.1) is 10.6 Å². The minimum atomic E-state index is -3.70. The Kier molecular flexibility index (Phi) is 4.42. The fraction of sp³-hybridized carbons (Fsp3) is 0.154. The van der Waals surface area contributed by atoms with Crippen LogP contribution in [0.3, 0.4) is 0 Å². The Morgan fingerprint density at radius 1 is 1.30 bits per heavy atom. The van der Waals surface area contributed by atoms with Crippen LogP contribution in [0.15, 0.2) is 45.9 Å². The Morgan fingerprint density at radius 3 is 2.60 bits per heavy atom. The molecular weight excluding hydrogens is 344 g/mol. The Hall–Kier alpha value is -1.44. The second-order valence-corrected chi connectivity index (χ2v) is 6.67. The van der Waals surface area contributed by atoms with Gasteiger partial charge in [-0.15, -0.1) is 0 Å². The first-order valence-electron chi connectivity index (χ1n) is 5.73. The Balaban J connectivity index is 2.11. The van der Waals surface area contributed by atoms with Crippen molar-refractivity contribution in [2.24, 2.45) is 5.14 Å². The summed E-state index contributed by atoms with van der Waals surface area (Å²) in [5.74, 6) is 0.569. The average molecular weight is 357 g/mol. The van der Waals surface area contributed by atoms with Gasteiger partial charge in [-0.2, -0.15) is 0 Å². The number of ether oxygens (including phenoxy) is 1. The lowest BCUT2D eigenvalue weighted by molar-refractivity contribution is 0.301. The van der Waals surface area contributed by atoms with Crippen molar-refractivity contribution < 1.29 is 13.2 Å². The molecule has 1 aromatic carbocycles. The minimum Gasteiger partial charge on any atom is -0.487 e. The summed E-state index contributed by atoms with van der Waals surface area (Å²) in [5.41, 5.74) is 1.33. The summed E-state index contributed by atoms with van der Waals surface area (Å²) in [5, 5.41) is 5.10. The zero-order chi connectivity index (χ0) is 14.8. The van der Waals surface area contributed by atoms with E-state index < -0.39 is 10.0 Å². The number of hydrogen-bond donors (Lipinski definition) is 1. The van der Waals surface area contributed by atoms with Crippen molar-refractivity contribution in [3.8, 4) is 5.75 Å². The molecule has 2 aromatic rings. The molecule has 2 rings (SSSR count). The lowest BCUT2D eigenvalue weighted by Gasteiger charge is -2.09. The molecule has 0 bridgehead atoms. The topological polar surface area (TPSA) is 82.3 Å². The number of benzene rings is 1. The molecule has 7 heteroatoms. The van der Waals surface area contributed by atoms with Crippen LogP contribution in [-0.2, 0) is 16.6 Å². The van der Waals surface area contributed by atoms with E-state index in [-0.39, 0.29) is 4.90 Å². The van der Waals surface area contributed by atoms with E-state index in [1.54, 1.807) is 25.3 Å². The molecule has 0 fully saturated rings. The summed E-state index contributed by atoms with van der Waals surface area (Å²) < 4.78 is 29.1. The van der Waals surface area contributed by atoms with Gasteiger partial charge >= 0.3 is 0 Å². The maximum atomic E-state index is 11.3. The highest BCUT2D eigenvalue weighted by Crippen LogP contribution is 2.21. The molecule has 106 valence electrons. The highest BCUT2D eigenvalue weighted by Gasteiger charge is 2.11. The first-order valence-corrected chi connectivity index (χ1v) is 8.07. The van der Waals surface area contributed by atoms with Gasteiger partial charge in [-0.1, -0.05) is 0 Å². The zero-order valence-electron chi connectivity index (χ0n) is 10.7. The number of pyridine rings is 1. The van der Waals surface area contributed by atoms with Crippen molar-refractivity contribution in [1.82, 2.24) is 4.98 Å². The van der Waals surface area contributed by atoms with Crippen LogP contribution in [0.5, 0.6) is 5.75 Å². The molecule has 20 heavy (non-hydrogen) atoms. The Bertz CT molecular complexity index is 715. The molecule has 0 aliphatic heterocycles. The van der Waals surface area contributed by atoms with Gasteiger partial charge in [-0.05, 0) is 58.7 Å². The second-order valence-electron chi connectivity index (χ2n) is 4.23. The van der Waals surface area contributed by atoms with Gasteiger partial charge in [0.25, 0.3) is 0 Å². The highest BCUT2D eigenvalue weighted by molar-refractivity contribution is 9.10. The van der Waals surface area contributed by atoms with E-state index >= 15 is 0 Å². The summed E-state index contributed by atoms with van der Waals surface area (Å²) in [6.45, 7) is 1.98. The number of rotatable bonds is 4. The third kappa shape index (κ3) is 3.78. The minimum absolute atomic E-state index is 0.103. The molecule has 0 aliphatic rings. The van der Waals surface area contributed by atoms with E-state index in [4.69, 9.17) is 9.88 Å². The lowest BCUT2D eigenvalue weighted by atomic mass is 10.2. The number of halogens is 1. The molecule has 0 radical (unpaired) electrons. The number of aryl methyl sites for hydroxylation is 1. The first-order chi connectivity index (χ1) is 9.36. The van der Waals surface area contributed by atoms with E-state index in [1.165, 1.54) is 6.07 Å². The van der Waals surface area contributed by atoms with Crippen molar-refractivity contribution in [1.29, 1.82) is 0 Å². The van der Waals surface area contributed by atoms with Crippen molar-refractivity contribution in [3.05, 3.63) is 52.3 Å². The summed E-state index contributed by atoms with van der Waals surface area (Å²) in [4.78, 5) is 4.29. The van der Waals surface area contributed by atoms with E-state index in [1.807, 2.05) is 12.1 Å². The zero-order valence-corrected chi connectivity index (χ0v) is 13.1. The lowest BCUT2D eigenvalue weighted by Crippen LogP contribution is -2.13. The summed E-state index contributed by atoms with van der Waals surface area (Å²) in [6, 6.07) is 8.37. The predicted octanol–water partition coefficient (Wildman–Crippen LogP) is 2.38. The molecule has 0 aliphatic carbocycles. The van der Waals surface area contributed by atoms with Crippen molar-refractivity contribution >= 4 is 26.0 Å². The van der Waals surface area contributed by atoms with Gasteiger partial charge < -0.3 is 4.74 Å². The molecule has 0 spiro atoms. The van der Waals surface area contributed by atoms with Gasteiger partial charge in [-0.3, -0.25) is 4.98 Å². The third-order valence-corrected chi connectivity index (χ3v) is 4.17. The second kappa shape index (κ2) is 5.90. The number of primary sulfonamides is 1. The van der Waals surface area contributed by atoms with Crippen LogP contribution >= 0.6 is 15.9 Å². The van der Waals surface area contributed by atoms with Crippen molar-refractivity contribution in [3.63, 3.8) is 0 Å². The normalized spacial score (nSPS) is 11.3. The van der Waals surface area contributed by atoms with Gasteiger partial charge in [0.2, 0.25) is 10.0 Å². The average Bonchev–Trinajstić information content (AvgIpc) is 2.36. The molecular formula is C13H13BrN2O3S. The van der Waals surface area contributed by atoms with Gasteiger partial charge in [0, 0.05) is 10.7 Å². The first kappa shape index (κ1) is 15.0. The molecule has 0 saturated heterocycles. The van der Waals surface area contributed by atoms with Crippen LogP contribution in [0.2, 0.25) is 0 Å². The fourth-order valence-electron chi connectivity index (χ4n) is 1.68. The predicted molar refractivity (Wildman–Crippen MR) is 78.8 cm³/mol. The van der Waals surface area contributed by atoms with Crippen LogP contribution in [0, 0.1) is 6.92 Å². The monoisotopic (exact) mass is 356 g/mol. The third-order valence-electron chi connectivity index (χ3n) is 2.63. The smallest absolute Gasteiger partial charge is 0.238 e. The SMILES string of the molecule is Cc1cc(OCc2ccc(Br)cn2)ccc1S(N)(=O)=O. The molecule has 1 aromatic heterocycles. The van der Waals surface area contributed by atoms with E-state index in [2.05, 4.69) is 20.9 Å². The number of nitrogens with two attached hydrogens (primary N) is 1. The maximum absolute atomic E-state index is 11.3. The summed E-state index contributed by atoms with van der Waals surface area (Å²) in [7, 11) is -3.70. The molecule has 0 saturated carbocycles. The largest absolute Gasteiger partial charge is 0.487 e. The Morgan fingerprint density at radius 2 is 2.05 bits per heavy atom. The molecule has 0 unspecified atom stereocenters. The Labute approximate surface area is 126 Å². The fourth-order valence-corrected chi connectivity index (χ4v) is 2.68. The van der Waals surface area contributed by atoms with Crippen LogP contribution in [0.1, 0.15) is 11.3 Å². The summed E-state index contributed by atoms with van der Waals surface area (Å²) >= 11 is 3.31. The van der Waals surface area contributed by atoms with Crippen LogP contribution in [0.4, 0.5) is 0 Å². The van der Waals surface area contributed by atoms with Crippen molar-refractivity contribution in [2.75, 3.05) is 0 Å². The molecule has 0 atom stereocenters. The number of aromatic nitrogens is 1. The van der Waals surface area contributed by atoms with Gasteiger partial charge in [0.1, 0.15) is 12.4 Å². The van der Waals surface area contributed by atoms with E-state index in [0.717, 1.165) is 10.2 Å². The molecule has 5 nitrogen and oxygen atoms in total. The number of nitrogens with zero attached hydrogens (tertiary/aromatic N) is 1. The van der Waals surface area contributed by atoms with Crippen LogP contribution < -0.4 is 9.88 Å². The quantitative estimate of drug-likeness (QED) is 0.911. The maximum Gasteiger partial charge on any atom is 0.238 e. The summed E-state index contributed by atoms with van der Waals surface area (Å²) in [6.07, 6.45) is 1.69. The van der Waals surface area contributed by atoms with Crippen LogP contribution in [0.25, 0.3) is 0 Å². The molecule has 0 amide bonds. The van der Waals surface area contributed by atoms with Crippen LogP contribution in [-0.4, -0.2) is 13.4 Å². The highest BCUT2D eigenvalue weighted by atomic mass is 79.9. The van der Waals surface area contributed by atoms with E-state index in [0.29, 0.717) is 17.9 Å². The molecule has 1 heterocycles. The molecule has 2 N–H and O–H groups in total. The standard InChI is InChI=1S/C13H13BrN2O3S/c1-9-6-12(4-5-13(9)20(15,17)18)19-8-11-3-2-10(14)7-16-11/h2-7H,8H2,1H3,(H2,15,17,18). The number of hydrogen-bond acceptors (Lipinski definition) is 4.